The van der Waals surface area contributed by atoms with Crippen LogP contribution in [0.1, 0.15) is 43.2 Å². The Bertz CT molecular complexity index is 2940. The molecule has 8 nitrogen and oxygen atoms in total. The molecule has 1 spiro atoms. The third-order valence-corrected chi connectivity index (χ3v) is 14.4. The molecule has 0 aliphatic heterocycles. The van der Waals surface area contributed by atoms with Crippen LogP contribution in [-0.4, -0.2) is 39.9 Å². The molecule has 4 saturated carbocycles. The molecular formula is C56H42N8. The second-order valence-corrected chi connectivity index (χ2v) is 18.0. The Morgan fingerprint density at radius 3 is 1.14 bits per heavy atom. The van der Waals surface area contributed by atoms with E-state index in [9.17, 15) is 0 Å². The van der Waals surface area contributed by atoms with Gasteiger partial charge >= 0.3 is 0 Å². The highest BCUT2D eigenvalue weighted by atomic mass is 15.1. The van der Waals surface area contributed by atoms with Crippen LogP contribution in [0.2, 0.25) is 0 Å². The lowest BCUT2D eigenvalue weighted by molar-refractivity contribution is -0.0399. The van der Waals surface area contributed by atoms with Crippen molar-refractivity contribution in [3.63, 3.8) is 0 Å². The summed E-state index contributed by atoms with van der Waals surface area (Å²) in [6.07, 6.45) is 6.63. The smallest absolute Gasteiger partial charge is 0.182 e. The quantitative estimate of drug-likeness (QED) is 0.156. The minimum atomic E-state index is -0.0114. The molecule has 0 saturated heterocycles. The molecule has 0 unspecified atom stereocenters. The first-order chi connectivity index (χ1) is 31.7. The predicted octanol–water partition coefficient (Wildman–Crippen LogP) is 12.2. The third-order valence-electron chi connectivity index (χ3n) is 14.4. The summed E-state index contributed by atoms with van der Waals surface area (Å²) in [7, 11) is 0. The average molecular weight is 827 g/mol. The minimum Gasteiger partial charge on any atom is -0.225 e. The predicted molar refractivity (Wildman–Crippen MR) is 250 cm³/mol. The maximum absolute atomic E-state index is 5.47. The molecule has 14 rings (SSSR count). The molecule has 0 amide bonds. The number of fused-ring (bicyclic) bond motifs is 3. The van der Waals surface area contributed by atoms with Gasteiger partial charge in [-0.3, -0.25) is 0 Å². The molecule has 0 N–H and O–H groups in total. The maximum Gasteiger partial charge on any atom is 0.182 e. The summed E-state index contributed by atoms with van der Waals surface area (Å²) < 4.78 is 0. The van der Waals surface area contributed by atoms with Crippen molar-refractivity contribution in [1.82, 2.24) is 39.9 Å². The van der Waals surface area contributed by atoms with Crippen LogP contribution in [0.3, 0.4) is 0 Å². The Morgan fingerprint density at radius 1 is 0.312 bits per heavy atom. The van der Waals surface area contributed by atoms with E-state index in [2.05, 4.69) is 42.5 Å². The Balaban J connectivity index is 1.07. The van der Waals surface area contributed by atoms with Gasteiger partial charge in [0.1, 0.15) is 11.4 Å². The molecule has 5 aliphatic carbocycles. The van der Waals surface area contributed by atoms with Crippen molar-refractivity contribution in [3.05, 3.63) is 181 Å². The van der Waals surface area contributed by atoms with Crippen molar-refractivity contribution in [3.8, 4) is 91.1 Å². The van der Waals surface area contributed by atoms with Crippen LogP contribution < -0.4 is 0 Å². The van der Waals surface area contributed by atoms with Crippen LogP contribution in [-0.2, 0) is 5.41 Å². The van der Waals surface area contributed by atoms with E-state index in [1.807, 2.05) is 127 Å². The lowest BCUT2D eigenvalue weighted by Crippen LogP contribution is -2.55. The fourth-order valence-electron chi connectivity index (χ4n) is 12.0. The van der Waals surface area contributed by atoms with Gasteiger partial charge in [0.15, 0.2) is 40.8 Å². The first-order valence-electron chi connectivity index (χ1n) is 22.5. The minimum absolute atomic E-state index is 0.0114. The van der Waals surface area contributed by atoms with Gasteiger partial charge in [0.25, 0.3) is 0 Å². The van der Waals surface area contributed by atoms with Gasteiger partial charge in [0.2, 0.25) is 0 Å². The first kappa shape index (κ1) is 37.0. The van der Waals surface area contributed by atoms with E-state index in [1.165, 1.54) is 54.4 Å². The number of benzene rings is 6. The zero-order valence-electron chi connectivity index (χ0n) is 35.1. The molecule has 0 radical (unpaired) electrons. The van der Waals surface area contributed by atoms with Crippen molar-refractivity contribution in [2.45, 2.75) is 37.5 Å². The number of nitrogens with zero attached hydrogens (tertiary/aromatic N) is 8. The third kappa shape index (κ3) is 5.96. The van der Waals surface area contributed by atoms with Crippen LogP contribution in [0.4, 0.5) is 0 Å². The van der Waals surface area contributed by atoms with Gasteiger partial charge in [-0.25, -0.2) is 39.9 Å². The van der Waals surface area contributed by atoms with Crippen LogP contribution >= 0.6 is 0 Å². The van der Waals surface area contributed by atoms with E-state index in [0.29, 0.717) is 64.0 Å². The SMILES string of the molecule is c1ccc(-c2nc(-c3ccccc3)nc(-c3cc(-c4nc(-c5ccccc5)nc(-c5ccccc5)n4)nc(-c4cccc5c4-c4ccccc4C54C5CC6CC(C5)CC4C6)n3)n2)cc1. The van der Waals surface area contributed by atoms with Crippen molar-refractivity contribution in [2.24, 2.45) is 23.7 Å². The molecule has 0 atom stereocenters. The highest BCUT2D eigenvalue weighted by Crippen LogP contribution is 2.70. The summed E-state index contributed by atoms with van der Waals surface area (Å²) in [6.45, 7) is 0. The maximum atomic E-state index is 5.47. The van der Waals surface area contributed by atoms with E-state index < -0.39 is 0 Å². The highest BCUT2D eigenvalue weighted by molar-refractivity contribution is 5.92. The molecule has 9 aromatic rings. The fourth-order valence-corrected chi connectivity index (χ4v) is 12.0. The highest BCUT2D eigenvalue weighted by Gasteiger charge is 2.61. The number of rotatable bonds is 7. The number of hydrogen-bond donors (Lipinski definition) is 0. The standard InChI is InChI=1S/C56H42N8/c1-5-16-36(17-6-1)49-59-50(37-18-7-2-8-19-37)62-54(61-49)46-33-47(55-63-51(38-20-9-3-10-21-38)60-52(64-55)39-22-11-4-12-23-39)58-53(57-46)43-25-15-27-45-48(43)42-24-13-14-26-44(42)56(45)40-29-34-28-35(31-40)32-41(56)30-34/h1-27,33-35,40-41H,28-32H2. The molecule has 3 heterocycles. The van der Waals surface area contributed by atoms with Gasteiger partial charge in [-0.05, 0) is 84.1 Å². The first-order valence-corrected chi connectivity index (χ1v) is 22.5. The van der Waals surface area contributed by atoms with E-state index in [0.717, 1.165) is 39.7 Å². The van der Waals surface area contributed by atoms with E-state index in [4.69, 9.17) is 39.9 Å². The zero-order chi connectivity index (χ0) is 42.2. The van der Waals surface area contributed by atoms with Gasteiger partial charge in [0, 0.05) is 33.2 Å². The zero-order valence-corrected chi connectivity index (χ0v) is 35.1. The van der Waals surface area contributed by atoms with Gasteiger partial charge in [-0.15, -0.1) is 0 Å². The fraction of sp³-hybridized carbons (Fsp3) is 0.179. The van der Waals surface area contributed by atoms with Gasteiger partial charge < -0.3 is 0 Å². The van der Waals surface area contributed by atoms with Crippen LogP contribution in [0, 0.1) is 23.7 Å². The summed E-state index contributed by atoms with van der Waals surface area (Å²) in [5.41, 5.74) is 11.1. The molecule has 4 fully saturated rings. The molecule has 5 aliphatic rings. The van der Waals surface area contributed by atoms with Crippen LogP contribution in [0.5, 0.6) is 0 Å². The lowest BCUT2D eigenvalue weighted by Gasteiger charge is -2.61. The molecule has 8 heteroatoms. The van der Waals surface area contributed by atoms with E-state index in [-0.39, 0.29) is 5.41 Å². The average Bonchev–Trinajstić information content (AvgIpc) is 3.67. The largest absolute Gasteiger partial charge is 0.225 e. The summed E-state index contributed by atoms with van der Waals surface area (Å²) in [5, 5.41) is 0. The van der Waals surface area contributed by atoms with Crippen LogP contribution in [0.25, 0.3) is 91.1 Å². The Hall–Kier alpha value is -7.58. The van der Waals surface area contributed by atoms with E-state index in [1.54, 1.807) is 0 Å². The van der Waals surface area contributed by atoms with Gasteiger partial charge in [0.05, 0.1) is 0 Å². The Morgan fingerprint density at radius 2 is 0.688 bits per heavy atom. The second kappa shape index (κ2) is 14.8. The molecule has 6 aromatic carbocycles. The molecule has 306 valence electrons. The normalized spacial score (nSPS) is 21.2. The number of hydrogen-bond acceptors (Lipinski definition) is 8. The van der Waals surface area contributed by atoms with Crippen molar-refractivity contribution in [2.75, 3.05) is 0 Å². The van der Waals surface area contributed by atoms with Crippen molar-refractivity contribution < 1.29 is 0 Å². The molecule has 4 bridgehead atoms. The van der Waals surface area contributed by atoms with Crippen molar-refractivity contribution >= 4 is 0 Å². The molecular weight excluding hydrogens is 785 g/mol. The lowest BCUT2D eigenvalue weighted by atomic mass is 9.43. The summed E-state index contributed by atoms with van der Waals surface area (Å²) >= 11 is 0. The van der Waals surface area contributed by atoms with E-state index >= 15 is 0 Å². The summed E-state index contributed by atoms with van der Waals surface area (Å²) in [5.74, 6) is 6.62. The monoisotopic (exact) mass is 826 g/mol. The second-order valence-electron chi connectivity index (χ2n) is 18.0. The van der Waals surface area contributed by atoms with Crippen LogP contribution in [0.15, 0.2) is 170 Å². The Labute approximate surface area is 371 Å². The number of aromatic nitrogens is 8. The molecule has 3 aromatic heterocycles. The topological polar surface area (TPSA) is 103 Å². The van der Waals surface area contributed by atoms with Gasteiger partial charge in [-0.1, -0.05) is 164 Å². The Kier molecular flexibility index (Phi) is 8.54. The summed E-state index contributed by atoms with van der Waals surface area (Å²) in [6, 6.07) is 58.2. The van der Waals surface area contributed by atoms with Gasteiger partial charge in [-0.2, -0.15) is 0 Å². The molecule has 64 heavy (non-hydrogen) atoms. The van der Waals surface area contributed by atoms with Crippen molar-refractivity contribution in [1.29, 1.82) is 0 Å². The summed E-state index contributed by atoms with van der Waals surface area (Å²) in [4.78, 5) is 41.6.